The van der Waals surface area contributed by atoms with Crippen molar-refractivity contribution in [3.63, 3.8) is 0 Å². The maximum Gasteiger partial charge on any atom is 0.319 e. The predicted octanol–water partition coefficient (Wildman–Crippen LogP) is 4.29. The summed E-state index contributed by atoms with van der Waals surface area (Å²) in [6, 6.07) is 3.15. The van der Waals surface area contributed by atoms with Crippen LogP contribution in [0.3, 0.4) is 0 Å². The molecule has 16 heavy (non-hydrogen) atoms. The molecular formula is C10H11BrCl2N2O. The maximum absolute atomic E-state index is 11.4. The number of carbonyl (C=O) groups is 1. The summed E-state index contributed by atoms with van der Waals surface area (Å²) in [4.78, 5) is 11.4. The normalized spacial score (nSPS) is 10.4. The van der Waals surface area contributed by atoms with Gasteiger partial charge in [0.05, 0.1) is 15.7 Å². The average Bonchev–Trinajstić information content (AvgIpc) is 2.18. The molecule has 0 saturated heterocycles. The van der Waals surface area contributed by atoms with Gasteiger partial charge in [0.25, 0.3) is 0 Å². The van der Waals surface area contributed by atoms with Crippen LogP contribution in [0.15, 0.2) is 16.6 Å². The molecule has 0 unspecified atom stereocenters. The molecule has 0 atom stereocenters. The Kier molecular flexibility index (Phi) is 4.89. The molecule has 1 aromatic rings. The Balaban J connectivity index is 2.82. The lowest BCUT2D eigenvalue weighted by Gasteiger charge is -2.12. The van der Waals surface area contributed by atoms with Gasteiger partial charge in [0.1, 0.15) is 0 Å². The van der Waals surface area contributed by atoms with Crippen LogP contribution in [0.1, 0.15) is 13.8 Å². The molecule has 1 aromatic carbocycles. The van der Waals surface area contributed by atoms with Crippen molar-refractivity contribution in [3.8, 4) is 0 Å². The van der Waals surface area contributed by atoms with Gasteiger partial charge in [-0.15, -0.1) is 0 Å². The van der Waals surface area contributed by atoms with Crippen molar-refractivity contribution in [2.75, 3.05) is 5.32 Å². The van der Waals surface area contributed by atoms with Crippen molar-refractivity contribution >= 4 is 50.9 Å². The van der Waals surface area contributed by atoms with E-state index in [9.17, 15) is 4.79 Å². The molecule has 2 N–H and O–H groups in total. The quantitative estimate of drug-likeness (QED) is 0.783. The average molecular weight is 326 g/mol. The van der Waals surface area contributed by atoms with E-state index in [-0.39, 0.29) is 12.1 Å². The summed E-state index contributed by atoms with van der Waals surface area (Å²) in [6.45, 7) is 3.74. The molecule has 0 aliphatic heterocycles. The van der Waals surface area contributed by atoms with E-state index in [1.807, 2.05) is 13.8 Å². The van der Waals surface area contributed by atoms with Gasteiger partial charge in [-0.2, -0.15) is 0 Å². The maximum atomic E-state index is 11.4. The number of anilines is 1. The summed E-state index contributed by atoms with van der Waals surface area (Å²) >= 11 is 15.1. The highest BCUT2D eigenvalue weighted by molar-refractivity contribution is 9.10. The monoisotopic (exact) mass is 324 g/mol. The minimum atomic E-state index is -0.310. The highest BCUT2D eigenvalue weighted by Crippen LogP contribution is 2.35. The third-order valence-corrected chi connectivity index (χ3v) is 3.47. The zero-order valence-corrected chi connectivity index (χ0v) is 11.9. The predicted molar refractivity (Wildman–Crippen MR) is 71.5 cm³/mol. The van der Waals surface area contributed by atoms with Gasteiger partial charge in [-0.05, 0) is 41.9 Å². The van der Waals surface area contributed by atoms with E-state index < -0.39 is 0 Å². The van der Waals surface area contributed by atoms with E-state index in [1.165, 1.54) is 0 Å². The van der Waals surface area contributed by atoms with Crippen LogP contribution in [0, 0.1) is 0 Å². The molecule has 3 nitrogen and oxygen atoms in total. The number of halogens is 3. The Morgan fingerprint density at radius 3 is 2.50 bits per heavy atom. The molecular weight excluding hydrogens is 315 g/mol. The fourth-order valence-corrected chi connectivity index (χ4v) is 1.86. The number of hydrogen-bond donors (Lipinski definition) is 2. The standard InChI is InChI=1S/C10H11BrCl2N2O/c1-5(2)14-10(16)15-7-4-3-6(11)8(12)9(7)13/h3-5H,1-2H3,(H2,14,15,16). The van der Waals surface area contributed by atoms with Crippen LogP contribution in [0.2, 0.25) is 10.0 Å². The number of rotatable bonds is 2. The number of carbonyl (C=O) groups excluding carboxylic acids is 1. The molecule has 0 spiro atoms. The van der Waals surface area contributed by atoms with E-state index in [4.69, 9.17) is 23.2 Å². The van der Waals surface area contributed by atoms with Crippen LogP contribution < -0.4 is 10.6 Å². The molecule has 0 aromatic heterocycles. The van der Waals surface area contributed by atoms with Crippen molar-refractivity contribution in [3.05, 3.63) is 26.7 Å². The molecule has 2 amide bonds. The highest BCUT2D eigenvalue weighted by Gasteiger charge is 2.11. The van der Waals surface area contributed by atoms with E-state index in [0.717, 1.165) is 0 Å². The molecule has 0 aliphatic rings. The van der Waals surface area contributed by atoms with Gasteiger partial charge in [-0.1, -0.05) is 23.2 Å². The van der Waals surface area contributed by atoms with Crippen molar-refractivity contribution in [2.45, 2.75) is 19.9 Å². The number of amides is 2. The third kappa shape index (κ3) is 3.54. The minimum absolute atomic E-state index is 0.0599. The first kappa shape index (κ1) is 13.6. The second-order valence-corrected chi connectivity index (χ2v) is 5.09. The molecule has 1 rings (SSSR count). The van der Waals surface area contributed by atoms with Gasteiger partial charge in [-0.3, -0.25) is 0 Å². The Bertz CT molecular complexity index is 410. The summed E-state index contributed by atoms with van der Waals surface area (Å²) in [6.07, 6.45) is 0. The number of benzene rings is 1. The second kappa shape index (κ2) is 5.75. The molecule has 0 fully saturated rings. The summed E-state index contributed by atoms with van der Waals surface area (Å²) in [7, 11) is 0. The summed E-state index contributed by atoms with van der Waals surface area (Å²) < 4.78 is 0.689. The highest BCUT2D eigenvalue weighted by atomic mass is 79.9. The molecule has 0 bridgehead atoms. The molecule has 88 valence electrons. The fraction of sp³-hybridized carbons (Fsp3) is 0.300. The summed E-state index contributed by atoms with van der Waals surface area (Å²) in [5.74, 6) is 0. The lowest BCUT2D eigenvalue weighted by Crippen LogP contribution is -2.34. The Morgan fingerprint density at radius 1 is 1.31 bits per heavy atom. The lowest BCUT2D eigenvalue weighted by atomic mass is 10.3. The molecule has 0 saturated carbocycles. The van der Waals surface area contributed by atoms with Crippen molar-refractivity contribution in [1.82, 2.24) is 5.32 Å². The largest absolute Gasteiger partial charge is 0.336 e. The Morgan fingerprint density at radius 2 is 1.94 bits per heavy atom. The van der Waals surface area contributed by atoms with E-state index in [1.54, 1.807) is 12.1 Å². The van der Waals surface area contributed by atoms with Crippen LogP contribution in [-0.4, -0.2) is 12.1 Å². The number of urea groups is 1. The van der Waals surface area contributed by atoms with Crippen molar-refractivity contribution in [1.29, 1.82) is 0 Å². The Labute approximate surface area is 113 Å². The van der Waals surface area contributed by atoms with Crippen LogP contribution in [0.4, 0.5) is 10.5 Å². The zero-order chi connectivity index (χ0) is 12.3. The fourth-order valence-electron chi connectivity index (χ4n) is 1.04. The first-order valence-corrected chi connectivity index (χ1v) is 6.17. The third-order valence-electron chi connectivity index (χ3n) is 1.70. The van der Waals surface area contributed by atoms with Crippen molar-refractivity contribution < 1.29 is 4.79 Å². The SMILES string of the molecule is CC(C)NC(=O)Nc1ccc(Br)c(Cl)c1Cl. The zero-order valence-electron chi connectivity index (χ0n) is 8.77. The topological polar surface area (TPSA) is 41.1 Å². The van der Waals surface area contributed by atoms with Crippen LogP contribution in [-0.2, 0) is 0 Å². The first-order chi connectivity index (χ1) is 7.41. The summed E-state index contributed by atoms with van der Waals surface area (Å²) in [5, 5.41) is 6.00. The Hall–Kier alpha value is -0.450. The molecule has 0 radical (unpaired) electrons. The van der Waals surface area contributed by atoms with Gasteiger partial charge >= 0.3 is 6.03 Å². The lowest BCUT2D eigenvalue weighted by molar-refractivity contribution is 0.250. The van der Waals surface area contributed by atoms with E-state index >= 15 is 0 Å². The van der Waals surface area contributed by atoms with Gasteiger partial charge in [0.15, 0.2) is 0 Å². The summed E-state index contributed by atoms with van der Waals surface area (Å²) in [5.41, 5.74) is 0.480. The van der Waals surface area contributed by atoms with Crippen LogP contribution in [0.25, 0.3) is 0 Å². The molecule has 0 aliphatic carbocycles. The van der Waals surface area contributed by atoms with Crippen LogP contribution >= 0.6 is 39.1 Å². The molecule has 6 heteroatoms. The van der Waals surface area contributed by atoms with Gasteiger partial charge in [-0.25, -0.2) is 4.79 Å². The molecule has 0 heterocycles. The smallest absolute Gasteiger partial charge is 0.319 e. The number of nitrogens with one attached hydrogen (secondary N) is 2. The number of hydrogen-bond acceptors (Lipinski definition) is 1. The van der Waals surface area contributed by atoms with E-state index in [2.05, 4.69) is 26.6 Å². The van der Waals surface area contributed by atoms with Gasteiger partial charge < -0.3 is 10.6 Å². The van der Waals surface area contributed by atoms with E-state index in [0.29, 0.717) is 20.2 Å². The first-order valence-electron chi connectivity index (χ1n) is 4.63. The van der Waals surface area contributed by atoms with Gasteiger partial charge in [0, 0.05) is 10.5 Å². The van der Waals surface area contributed by atoms with Gasteiger partial charge in [0.2, 0.25) is 0 Å². The van der Waals surface area contributed by atoms with Crippen molar-refractivity contribution in [2.24, 2.45) is 0 Å². The second-order valence-electron chi connectivity index (χ2n) is 3.48. The minimum Gasteiger partial charge on any atom is -0.336 e. The van der Waals surface area contributed by atoms with Crippen LogP contribution in [0.5, 0.6) is 0 Å².